The van der Waals surface area contributed by atoms with E-state index >= 15 is 0 Å². The van der Waals surface area contributed by atoms with Crippen LogP contribution in [0, 0.1) is 0 Å². The molecule has 0 atom stereocenters. The van der Waals surface area contributed by atoms with Crippen LogP contribution in [0.25, 0.3) is 11.4 Å². The summed E-state index contributed by atoms with van der Waals surface area (Å²) in [5.74, 6) is 1.06. The van der Waals surface area contributed by atoms with Gasteiger partial charge in [0.1, 0.15) is 17.8 Å². The molecule has 10 heteroatoms. The number of nitrogens with one attached hydrogen (secondary N) is 1. The molecular formula is C21H17ClN4O4S. The molecule has 0 unspecified atom stereocenters. The van der Waals surface area contributed by atoms with Gasteiger partial charge >= 0.3 is 0 Å². The highest BCUT2D eigenvalue weighted by atomic mass is 35.5. The normalized spacial score (nSPS) is 10.9. The van der Waals surface area contributed by atoms with Gasteiger partial charge in [-0.25, -0.2) is 4.68 Å². The van der Waals surface area contributed by atoms with E-state index in [1.807, 2.05) is 24.3 Å². The third-order valence-corrected chi connectivity index (χ3v) is 5.53. The molecule has 0 fully saturated rings. The third kappa shape index (κ3) is 5.01. The molecule has 0 spiro atoms. The quantitative estimate of drug-likeness (QED) is 0.357. The number of phenolic OH excluding ortho intramolecular Hbond substituents is 1. The van der Waals surface area contributed by atoms with Gasteiger partial charge in [0.25, 0.3) is 0 Å². The Balaban J connectivity index is 1.60. The van der Waals surface area contributed by atoms with E-state index in [9.17, 15) is 15.0 Å². The van der Waals surface area contributed by atoms with Crippen molar-refractivity contribution in [2.45, 2.75) is 17.5 Å². The number of phenols is 1. The molecule has 4 rings (SSSR count). The highest BCUT2D eigenvalue weighted by molar-refractivity contribution is 7.98. The summed E-state index contributed by atoms with van der Waals surface area (Å²) < 4.78 is 7.01. The van der Waals surface area contributed by atoms with E-state index in [1.54, 1.807) is 28.9 Å². The first-order chi connectivity index (χ1) is 15.0. The number of aromatic nitrogens is 3. The van der Waals surface area contributed by atoms with Gasteiger partial charge in [0.2, 0.25) is 10.6 Å². The number of nitrogens with zero attached hydrogens (tertiary/aromatic N) is 3. The van der Waals surface area contributed by atoms with Gasteiger partial charge in [-0.3, -0.25) is 4.79 Å². The van der Waals surface area contributed by atoms with Gasteiger partial charge in [-0.2, -0.15) is 0 Å². The summed E-state index contributed by atoms with van der Waals surface area (Å²) in [4.78, 5) is 11.6. The van der Waals surface area contributed by atoms with E-state index < -0.39 is 11.2 Å². The van der Waals surface area contributed by atoms with E-state index in [-0.39, 0.29) is 5.75 Å². The fraction of sp³-hybridized carbons (Fsp3) is 0.0952. The van der Waals surface area contributed by atoms with Crippen molar-refractivity contribution in [2.75, 3.05) is 5.43 Å². The van der Waals surface area contributed by atoms with E-state index in [1.165, 1.54) is 17.8 Å². The molecule has 0 saturated heterocycles. The second-order valence-electron chi connectivity index (χ2n) is 6.53. The Morgan fingerprint density at radius 3 is 2.52 bits per heavy atom. The molecule has 0 aliphatic carbocycles. The van der Waals surface area contributed by atoms with Gasteiger partial charge in [0.05, 0.1) is 12.3 Å². The molecule has 4 aromatic rings. The average Bonchev–Trinajstić information content (AvgIpc) is 3.17. The molecule has 2 aromatic carbocycles. The van der Waals surface area contributed by atoms with Crippen molar-refractivity contribution >= 4 is 23.4 Å². The van der Waals surface area contributed by atoms with Gasteiger partial charge in [-0.05, 0) is 42.0 Å². The maximum atomic E-state index is 11.6. The molecule has 3 N–H and O–H groups in total. The number of aromatic hydroxyl groups is 2. The SMILES string of the molecule is O=c1cc(CSc2nnc(-c3ccc(Cl)cc3)n2NCc2ccc(O)cc2)occ1O. The lowest BCUT2D eigenvalue weighted by atomic mass is 10.2. The summed E-state index contributed by atoms with van der Waals surface area (Å²) in [6, 6.07) is 15.3. The molecule has 31 heavy (non-hydrogen) atoms. The van der Waals surface area contributed by atoms with E-state index in [0.717, 1.165) is 17.4 Å². The number of hydrogen-bond acceptors (Lipinski definition) is 8. The van der Waals surface area contributed by atoms with E-state index in [2.05, 4.69) is 15.6 Å². The zero-order chi connectivity index (χ0) is 21.8. The molecule has 2 heterocycles. The zero-order valence-electron chi connectivity index (χ0n) is 16.0. The predicted octanol–water partition coefficient (Wildman–Crippen LogP) is 4.00. The molecule has 0 amide bonds. The Morgan fingerprint density at radius 2 is 1.81 bits per heavy atom. The smallest absolute Gasteiger partial charge is 0.226 e. The van der Waals surface area contributed by atoms with Crippen molar-refractivity contribution in [1.82, 2.24) is 14.9 Å². The fourth-order valence-corrected chi connectivity index (χ4v) is 3.66. The Morgan fingerprint density at radius 1 is 1.06 bits per heavy atom. The summed E-state index contributed by atoms with van der Waals surface area (Å²) in [6.45, 7) is 0.459. The second-order valence-corrected chi connectivity index (χ2v) is 7.91. The van der Waals surface area contributed by atoms with Crippen molar-refractivity contribution < 1.29 is 14.6 Å². The highest BCUT2D eigenvalue weighted by Crippen LogP contribution is 2.26. The monoisotopic (exact) mass is 456 g/mol. The summed E-state index contributed by atoms with van der Waals surface area (Å²) in [7, 11) is 0. The van der Waals surface area contributed by atoms with Crippen LogP contribution in [0.4, 0.5) is 0 Å². The zero-order valence-corrected chi connectivity index (χ0v) is 17.6. The van der Waals surface area contributed by atoms with Gasteiger partial charge in [-0.15, -0.1) is 10.2 Å². The number of thioether (sulfide) groups is 1. The molecule has 0 radical (unpaired) electrons. The third-order valence-electron chi connectivity index (χ3n) is 4.32. The molecule has 0 bridgehead atoms. The minimum Gasteiger partial charge on any atom is -0.508 e. The Hall–Kier alpha value is -3.43. The molecule has 158 valence electrons. The van der Waals surface area contributed by atoms with Crippen LogP contribution in [0.3, 0.4) is 0 Å². The Labute approximate surface area is 186 Å². The largest absolute Gasteiger partial charge is 0.508 e. The van der Waals surface area contributed by atoms with Crippen LogP contribution in [0.2, 0.25) is 5.02 Å². The van der Waals surface area contributed by atoms with Crippen molar-refractivity contribution in [1.29, 1.82) is 0 Å². The number of hydrogen-bond donors (Lipinski definition) is 3. The lowest BCUT2D eigenvalue weighted by Crippen LogP contribution is -2.17. The Bertz CT molecular complexity index is 1240. The minimum absolute atomic E-state index is 0.196. The van der Waals surface area contributed by atoms with Gasteiger partial charge < -0.3 is 20.1 Å². The molecule has 8 nitrogen and oxygen atoms in total. The number of benzene rings is 2. The maximum Gasteiger partial charge on any atom is 0.226 e. The van der Waals surface area contributed by atoms with E-state index in [4.69, 9.17) is 16.0 Å². The number of rotatable bonds is 7. The van der Waals surface area contributed by atoms with Crippen LogP contribution >= 0.6 is 23.4 Å². The van der Waals surface area contributed by atoms with Crippen molar-refractivity contribution in [3.8, 4) is 22.9 Å². The van der Waals surface area contributed by atoms with Crippen molar-refractivity contribution in [3.05, 3.63) is 87.4 Å². The first kappa shape index (κ1) is 20.8. The summed E-state index contributed by atoms with van der Waals surface area (Å²) in [5, 5.41) is 28.6. The molecule has 0 aliphatic heterocycles. The summed E-state index contributed by atoms with van der Waals surface area (Å²) in [6.07, 6.45) is 1.02. The van der Waals surface area contributed by atoms with Crippen molar-refractivity contribution in [3.63, 3.8) is 0 Å². The van der Waals surface area contributed by atoms with Gasteiger partial charge in [-0.1, -0.05) is 35.5 Å². The van der Waals surface area contributed by atoms with Crippen LogP contribution < -0.4 is 10.9 Å². The first-order valence-electron chi connectivity index (χ1n) is 9.16. The maximum absolute atomic E-state index is 11.6. The lowest BCUT2D eigenvalue weighted by Gasteiger charge is -2.13. The van der Waals surface area contributed by atoms with Crippen LogP contribution in [0.1, 0.15) is 11.3 Å². The molecule has 0 saturated carbocycles. The fourth-order valence-electron chi connectivity index (χ4n) is 2.73. The average molecular weight is 457 g/mol. The van der Waals surface area contributed by atoms with Crippen LogP contribution in [0.15, 0.2) is 75.2 Å². The van der Waals surface area contributed by atoms with Gasteiger partial charge in [0.15, 0.2) is 11.6 Å². The second kappa shape index (κ2) is 9.15. The van der Waals surface area contributed by atoms with E-state index in [0.29, 0.717) is 34.1 Å². The summed E-state index contributed by atoms with van der Waals surface area (Å²) in [5.41, 5.74) is 4.56. The van der Waals surface area contributed by atoms with Gasteiger partial charge in [0, 0.05) is 16.7 Å². The minimum atomic E-state index is -0.504. The molecule has 0 aliphatic rings. The van der Waals surface area contributed by atoms with Crippen molar-refractivity contribution in [2.24, 2.45) is 0 Å². The standard InChI is InChI=1S/C21H17ClN4O4S/c22-15-5-3-14(4-6-15)20-24-25-21(31-12-17-9-18(28)19(29)11-30-17)26(20)23-10-13-1-7-16(27)8-2-13/h1-9,11,23,27,29H,10,12H2. The first-order valence-corrected chi connectivity index (χ1v) is 10.5. The lowest BCUT2D eigenvalue weighted by molar-refractivity contribution is 0.419. The molecular weight excluding hydrogens is 440 g/mol. The Kier molecular flexibility index (Phi) is 6.15. The molecule has 2 aromatic heterocycles. The predicted molar refractivity (Wildman–Crippen MR) is 118 cm³/mol. The summed E-state index contributed by atoms with van der Waals surface area (Å²) >= 11 is 7.32. The highest BCUT2D eigenvalue weighted by Gasteiger charge is 2.15. The van der Waals surface area contributed by atoms with Crippen LogP contribution in [-0.2, 0) is 12.3 Å². The number of halogens is 1. The van der Waals surface area contributed by atoms with Crippen LogP contribution in [-0.4, -0.2) is 25.1 Å². The topological polar surface area (TPSA) is 113 Å². The van der Waals surface area contributed by atoms with Crippen LogP contribution in [0.5, 0.6) is 11.5 Å².